The van der Waals surface area contributed by atoms with Crippen LogP contribution in [0.4, 0.5) is 0 Å². The summed E-state index contributed by atoms with van der Waals surface area (Å²) in [5.41, 5.74) is 4.80. The lowest BCUT2D eigenvalue weighted by Gasteiger charge is -2.03. The summed E-state index contributed by atoms with van der Waals surface area (Å²) in [5, 5.41) is 4.69. The normalized spacial score (nSPS) is 11.2. The van der Waals surface area contributed by atoms with Crippen molar-refractivity contribution in [1.82, 2.24) is 10.4 Å². The Kier molecular flexibility index (Phi) is 4.85. The third-order valence-electron chi connectivity index (χ3n) is 2.66. The number of halogens is 1. The van der Waals surface area contributed by atoms with E-state index in [-0.39, 0.29) is 12.3 Å². The molecule has 0 spiro atoms. The summed E-state index contributed by atoms with van der Waals surface area (Å²) in [4.78, 5) is 15.9. The standard InChI is InChI=1S/C15H14ClN3O/c1-11(14-4-2-3-9-17-14)18-19-15(20)10-12-5-7-13(16)8-6-12/h2-9H,10H2,1H3,(H,19,20)/b18-11-. The van der Waals surface area contributed by atoms with Gasteiger partial charge in [0.2, 0.25) is 5.91 Å². The number of carbonyl (C=O) groups excluding carboxylic acids is 1. The molecule has 2 rings (SSSR count). The zero-order chi connectivity index (χ0) is 14.4. The molecular formula is C15H14ClN3O. The summed E-state index contributed by atoms with van der Waals surface area (Å²) in [7, 11) is 0. The molecule has 1 N–H and O–H groups in total. The number of hydrazone groups is 1. The average Bonchev–Trinajstić information content (AvgIpc) is 2.48. The Balaban J connectivity index is 1.93. The van der Waals surface area contributed by atoms with Crippen LogP contribution in [0.2, 0.25) is 5.02 Å². The van der Waals surface area contributed by atoms with Gasteiger partial charge in [-0.25, -0.2) is 5.43 Å². The summed E-state index contributed by atoms with van der Waals surface area (Å²) in [6.07, 6.45) is 1.94. The number of hydrogen-bond donors (Lipinski definition) is 1. The van der Waals surface area contributed by atoms with Gasteiger partial charge in [-0.3, -0.25) is 9.78 Å². The third-order valence-corrected chi connectivity index (χ3v) is 2.91. The van der Waals surface area contributed by atoms with Crippen LogP contribution >= 0.6 is 11.6 Å². The fourth-order valence-electron chi connectivity index (χ4n) is 1.61. The molecule has 1 amide bonds. The Labute approximate surface area is 122 Å². The molecule has 0 saturated carbocycles. The lowest BCUT2D eigenvalue weighted by Crippen LogP contribution is -2.21. The van der Waals surface area contributed by atoms with E-state index in [0.717, 1.165) is 11.3 Å². The first-order valence-electron chi connectivity index (χ1n) is 6.14. The molecule has 102 valence electrons. The molecule has 0 radical (unpaired) electrons. The fourth-order valence-corrected chi connectivity index (χ4v) is 1.73. The van der Waals surface area contributed by atoms with Gasteiger partial charge in [0.05, 0.1) is 17.8 Å². The molecule has 2 aromatic rings. The van der Waals surface area contributed by atoms with Crippen molar-refractivity contribution in [1.29, 1.82) is 0 Å². The molecule has 0 unspecified atom stereocenters. The van der Waals surface area contributed by atoms with Gasteiger partial charge in [-0.05, 0) is 36.8 Å². The summed E-state index contributed by atoms with van der Waals surface area (Å²) in [5.74, 6) is -0.178. The van der Waals surface area contributed by atoms with E-state index in [0.29, 0.717) is 10.7 Å². The van der Waals surface area contributed by atoms with Gasteiger partial charge in [0, 0.05) is 11.2 Å². The van der Waals surface area contributed by atoms with Crippen LogP contribution in [-0.4, -0.2) is 16.6 Å². The number of amides is 1. The maximum atomic E-state index is 11.8. The van der Waals surface area contributed by atoms with Crippen LogP contribution in [0.15, 0.2) is 53.8 Å². The highest BCUT2D eigenvalue weighted by molar-refractivity contribution is 6.30. The molecule has 0 bridgehead atoms. The number of nitrogens with zero attached hydrogens (tertiary/aromatic N) is 2. The van der Waals surface area contributed by atoms with Gasteiger partial charge in [0.15, 0.2) is 0 Å². The summed E-state index contributed by atoms with van der Waals surface area (Å²) < 4.78 is 0. The molecule has 1 aromatic carbocycles. The van der Waals surface area contributed by atoms with Crippen LogP contribution < -0.4 is 5.43 Å². The maximum absolute atomic E-state index is 11.8. The highest BCUT2D eigenvalue weighted by Gasteiger charge is 2.03. The van der Waals surface area contributed by atoms with Crippen molar-refractivity contribution < 1.29 is 4.79 Å². The maximum Gasteiger partial charge on any atom is 0.244 e. The van der Waals surface area contributed by atoms with Crippen LogP contribution in [0.3, 0.4) is 0 Å². The number of benzene rings is 1. The van der Waals surface area contributed by atoms with Gasteiger partial charge in [-0.1, -0.05) is 29.8 Å². The smallest absolute Gasteiger partial charge is 0.244 e. The van der Waals surface area contributed by atoms with E-state index in [4.69, 9.17) is 11.6 Å². The second-order valence-electron chi connectivity index (χ2n) is 4.25. The SMILES string of the molecule is C/C(=N/NC(=O)Cc1ccc(Cl)cc1)c1ccccn1. The predicted octanol–water partition coefficient (Wildman–Crippen LogP) is 2.82. The molecule has 1 aromatic heterocycles. The molecular weight excluding hydrogens is 274 g/mol. The van der Waals surface area contributed by atoms with Crippen molar-refractivity contribution in [2.24, 2.45) is 5.10 Å². The first kappa shape index (κ1) is 14.2. The fraction of sp³-hybridized carbons (Fsp3) is 0.133. The van der Waals surface area contributed by atoms with E-state index in [1.54, 1.807) is 25.3 Å². The topological polar surface area (TPSA) is 54.4 Å². The van der Waals surface area contributed by atoms with Crippen molar-refractivity contribution in [3.05, 3.63) is 64.9 Å². The quantitative estimate of drug-likeness (QED) is 0.694. The number of rotatable bonds is 4. The van der Waals surface area contributed by atoms with Gasteiger partial charge in [0.25, 0.3) is 0 Å². The van der Waals surface area contributed by atoms with Crippen LogP contribution in [0, 0.1) is 0 Å². The minimum absolute atomic E-state index is 0.178. The Bertz CT molecular complexity index is 609. The summed E-state index contributed by atoms with van der Waals surface area (Å²) in [6, 6.07) is 12.7. The van der Waals surface area contributed by atoms with E-state index in [1.807, 2.05) is 30.3 Å². The zero-order valence-corrected chi connectivity index (χ0v) is 11.8. The molecule has 0 aliphatic carbocycles. The van der Waals surface area contributed by atoms with E-state index >= 15 is 0 Å². The Morgan fingerprint density at radius 1 is 1.25 bits per heavy atom. The van der Waals surface area contributed by atoms with Crippen LogP contribution in [0.5, 0.6) is 0 Å². The predicted molar refractivity (Wildman–Crippen MR) is 79.7 cm³/mol. The van der Waals surface area contributed by atoms with E-state index in [1.165, 1.54) is 0 Å². The highest BCUT2D eigenvalue weighted by Crippen LogP contribution is 2.09. The Hall–Kier alpha value is -2.20. The molecule has 0 fully saturated rings. The lowest BCUT2D eigenvalue weighted by molar-refractivity contribution is -0.120. The summed E-state index contributed by atoms with van der Waals surface area (Å²) >= 11 is 5.79. The zero-order valence-electron chi connectivity index (χ0n) is 11.0. The number of hydrogen-bond acceptors (Lipinski definition) is 3. The minimum atomic E-state index is -0.178. The number of nitrogens with one attached hydrogen (secondary N) is 1. The second-order valence-corrected chi connectivity index (χ2v) is 4.69. The van der Waals surface area contributed by atoms with Gasteiger partial charge in [0.1, 0.15) is 0 Å². The van der Waals surface area contributed by atoms with Crippen LogP contribution in [0.25, 0.3) is 0 Å². The van der Waals surface area contributed by atoms with E-state index < -0.39 is 0 Å². The molecule has 0 saturated heterocycles. The van der Waals surface area contributed by atoms with Gasteiger partial charge < -0.3 is 0 Å². The van der Waals surface area contributed by atoms with Crippen LogP contribution in [0.1, 0.15) is 18.2 Å². The van der Waals surface area contributed by atoms with Crippen molar-refractivity contribution in [2.45, 2.75) is 13.3 Å². The van der Waals surface area contributed by atoms with Crippen molar-refractivity contribution >= 4 is 23.2 Å². The van der Waals surface area contributed by atoms with E-state index in [2.05, 4.69) is 15.5 Å². The molecule has 0 atom stereocenters. The monoisotopic (exact) mass is 287 g/mol. The molecule has 20 heavy (non-hydrogen) atoms. The van der Waals surface area contributed by atoms with Crippen molar-refractivity contribution in [2.75, 3.05) is 0 Å². The lowest BCUT2D eigenvalue weighted by atomic mass is 10.1. The Morgan fingerprint density at radius 2 is 2.00 bits per heavy atom. The van der Waals surface area contributed by atoms with Crippen molar-refractivity contribution in [3.63, 3.8) is 0 Å². The summed E-state index contributed by atoms with van der Waals surface area (Å²) in [6.45, 7) is 1.80. The van der Waals surface area contributed by atoms with Crippen molar-refractivity contribution in [3.8, 4) is 0 Å². The van der Waals surface area contributed by atoms with E-state index in [9.17, 15) is 4.79 Å². The Morgan fingerprint density at radius 3 is 2.65 bits per heavy atom. The first-order valence-corrected chi connectivity index (χ1v) is 6.52. The molecule has 1 heterocycles. The molecule has 0 aliphatic heterocycles. The largest absolute Gasteiger partial charge is 0.273 e. The number of aromatic nitrogens is 1. The number of carbonyl (C=O) groups is 1. The van der Waals surface area contributed by atoms with Gasteiger partial charge in [-0.2, -0.15) is 5.10 Å². The molecule has 4 nitrogen and oxygen atoms in total. The molecule has 5 heteroatoms. The van der Waals surface area contributed by atoms with Gasteiger partial charge >= 0.3 is 0 Å². The van der Waals surface area contributed by atoms with Crippen LogP contribution in [-0.2, 0) is 11.2 Å². The van der Waals surface area contributed by atoms with Gasteiger partial charge in [-0.15, -0.1) is 0 Å². The molecule has 0 aliphatic rings. The minimum Gasteiger partial charge on any atom is -0.273 e. The highest BCUT2D eigenvalue weighted by atomic mass is 35.5. The second kappa shape index (κ2) is 6.82. The first-order chi connectivity index (χ1) is 9.65. The average molecular weight is 288 g/mol. The third kappa shape index (κ3) is 4.17. The number of pyridine rings is 1.